The van der Waals surface area contributed by atoms with Gasteiger partial charge in [-0.1, -0.05) is 31.5 Å². The van der Waals surface area contributed by atoms with Crippen LogP contribution in [0.1, 0.15) is 36.5 Å². The normalized spacial score (nSPS) is 12.5. The Morgan fingerprint density at radius 3 is 2.45 bits per heavy atom. The minimum Gasteiger partial charge on any atom is -0.312 e. The standard InChI is InChI=1S/C13H19N2O6P/c1-2-3-9-11(21-22(18,19)20)14-13(17)15-12(16)10-7-5-4-6-8-10/h4-8,11H,2-3,9H2,1H3,(H2,18,19,20)(H2,14,15,16,17). The maximum Gasteiger partial charge on any atom is 0.471 e. The van der Waals surface area contributed by atoms with E-state index in [2.05, 4.69) is 15.2 Å². The van der Waals surface area contributed by atoms with Crippen LogP contribution in [0.5, 0.6) is 0 Å². The Balaban J connectivity index is 2.58. The molecule has 0 aliphatic rings. The molecule has 122 valence electrons. The minimum atomic E-state index is -4.74. The lowest BCUT2D eigenvalue weighted by atomic mass is 10.2. The number of benzene rings is 1. The van der Waals surface area contributed by atoms with E-state index in [0.717, 1.165) is 6.42 Å². The molecule has 1 unspecified atom stereocenters. The van der Waals surface area contributed by atoms with E-state index in [4.69, 9.17) is 9.79 Å². The van der Waals surface area contributed by atoms with Crippen molar-refractivity contribution in [1.82, 2.24) is 10.6 Å². The fraction of sp³-hybridized carbons (Fsp3) is 0.385. The zero-order chi connectivity index (χ0) is 16.6. The molecule has 1 atom stereocenters. The number of carbonyl (C=O) groups is 2. The Bertz CT molecular complexity index is 545. The van der Waals surface area contributed by atoms with Crippen molar-refractivity contribution in [2.75, 3.05) is 0 Å². The molecule has 9 heteroatoms. The fourth-order valence-corrected chi connectivity index (χ4v) is 2.14. The van der Waals surface area contributed by atoms with E-state index < -0.39 is 26.0 Å². The molecule has 0 bridgehead atoms. The quantitative estimate of drug-likeness (QED) is 0.446. The highest BCUT2D eigenvalue weighted by atomic mass is 31.2. The SMILES string of the molecule is CCCCC(NC(=O)NC(=O)c1ccccc1)OP(=O)(O)O. The highest BCUT2D eigenvalue weighted by Crippen LogP contribution is 2.37. The van der Waals surface area contributed by atoms with E-state index in [1.165, 1.54) is 12.1 Å². The number of urea groups is 1. The second-order valence-corrected chi connectivity index (χ2v) is 5.71. The van der Waals surface area contributed by atoms with E-state index in [1.54, 1.807) is 18.2 Å². The van der Waals surface area contributed by atoms with Crippen molar-refractivity contribution in [3.63, 3.8) is 0 Å². The van der Waals surface area contributed by atoms with Gasteiger partial charge in [0, 0.05) is 5.56 Å². The first kappa shape index (κ1) is 18.3. The van der Waals surface area contributed by atoms with Crippen LogP contribution in [-0.2, 0) is 9.09 Å². The second kappa shape index (κ2) is 8.65. The molecule has 0 saturated heterocycles. The number of unbranched alkanes of at least 4 members (excludes halogenated alkanes) is 1. The molecule has 0 spiro atoms. The van der Waals surface area contributed by atoms with Crippen molar-refractivity contribution in [2.24, 2.45) is 0 Å². The predicted octanol–water partition coefficient (Wildman–Crippen LogP) is 1.75. The largest absolute Gasteiger partial charge is 0.471 e. The van der Waals surface area contributed by atoms with Gasteiger partial charge >= 0.3 is 13.9 Å². The van der Waals surface area contributed by atoms with Gasteiger partial charge in [0.1, 0.15) is 6.23 Å². The summed E-state index contributed by atoms with van der Waals surface area (Å²) in [5, 5.41) is 4.29. The Kier molecular flexibility index (Phi) is 7.20. The molecule has 1 aromatic carbocycles. The summed E-state index contributed by atoms with van der Waals surface area (Å²) in [5.74, 6) is -0.622. The molecule has 8 nitrogen and oxygen atoms in total. The van der Waals surface area contributed by atoms with Crippen LogP contribution in [-0.4, -0.2) is 28.0 Å². The average Bonchev–Trinajstić information content (AvgIpc) is 2.44. The van der Waals surface area contributed by atoms with Gasteiger partial charge < -0.3 is 15.1 Å². The van der Waals surface area contributed by atoms with Gasteiger partial charge in [0.05, 0.1) is 0 Å². The van der Waals surface area contributed by atoms with Gasteiger partial charge in [-0.15, -0.1) is 0 Å². The summed E-state index contributed by atoms with van der Waals surface area (Å²) in [6.07, 6.45) is 0.392. The third kappa shape index (κ3) is 7.33. The van der Waals surface area contributed by atoms with E-state index in [1.807, 2.05) is 6.92 Å². The summed E-state index contributed by atoms with van der Waals surface area (Å²) >= 11 is 0. The van der Waals surface area contributed by atoms with E-state index in [9.17, 15) is 14.2 Å². The molecule has 0 saturated carbocycles. The first-order chi connectivity index (χ1) is 10.3. The van der Waals surface area contributed by atoms with Crippen molar-refractivity contribution in [3.8, 4) is 0 Å². The lowest BCUT2D eigenvalue weighted by Gasteiger charge is -2.19. The van der Waals surface area contributed by atoms with Gasteiger partial charge in [0.2, 0.25) is 0 Å². The highest BCUT2D eigenvalue weighted by Gasteiger charge is 2.24. The van der Waals surface area contributed by atoms with E-state index in [-0.39, 0.29) is 6.42 Å². The van der Waals surface area contributed by atoms with Gasteiger partial charge in [-0.3, -0.25) is 14.6 Å². The Morgan fingerprint density at radius 1 is 1.27 bits per heavy atom. The maximum atomic E-state index is 11.8. The van der Waals surface area contributed by atoms with Crippen molar-refractivity contribution in [2.45, 2.75) is 32.4 Å². The summed E-state index contributed by atoms with van der Waals surface area (Å²) < 4.78 is 15.3. The molecular formula is C13H19N2O6P. The second-order valence-electron chi connectivity index (χ2n) is 4.52. The number of hydrogen-bond donors (Lipinski definition) is 4. The molecule has 4 N–H and O–H groups in total. The summed E-state index contributed by atoms with van der Waals surface area (Å²) in [5.41, 5.74) is 0.290. The molecule has 3 amide bonds. The van der Waals surface area contributed by atoms with Gasteiger partial charge in [0.25, 0.3) is 5.91 Å². The Hall–Kier alpha value is -1.73. The third-order valence-corrected chi connectivity index (χ3v) is 3.17. The lowest BCUT2D eigenvalue weighted by molar-refractivity contribution is 0.0936. The number of amides is 3. The number of hydrogen-bond acceptors (Lipinski definition) is 4. The van der Waals surface area contributed by atoms with Crippen molar-refractivity contribution < 1.29 is 28.5 Å². The maximum absolute atomic E-state index is 11.8. The zero-order valence-electron chi connectivity index (χ0n) is 12.1. The Labute approximate surface area is 128 Å². The van der Waals surface area contributed by atoms with Gasteiger partial charge in [-0.25, -0.2) is 9.36 Å². The summed E-state index contributed by atoms with van der Waals surface area (Å²) in [6, 6.07) is 7.20. The van der Waals surface area contributed by atoms with Crippen LogP contribution in [0.4, 0.5) is 4.79 Å². The van der Waals surface area contributed by atoms with Crippen LogP contribution >= 0.6 is 7.82 Å². The van der Waals surface area contributed by atoms with Gasteiger partial charge in [-0.2, -0.15) is 0 Å². The Morgan fingerprint density at radius 2 is 1.91 bits per heavy atom. The molecule has 0 aliphatic carbocycles. The monoisotopic (exact) mass is 330 g/mol. The number of imide groups is 1. The average molecular weight is 330 g/mol. The molecule has 1 rings (SSSR count). The molecular weight excluding hydrogens is 311 g/mol. The van der Waals surface area contributed by atoms with Crippen LogP contribution in [0.15, 0.2) is 30.3 Å². The van der Waals surface area contributed by atoms with Crippen molar-refractivity contribution in [1.29, 1.82) is 0 Å². The summed E-state index contributed by atoms with van der Waals surface area (Å²) in [7, 11) is -4.74. The molecule has 1 aromatic rings. The van der Waals surface area contributed by atoms with Gasteiger partial charge in [-0.05, 0) is 25.0 Å². The highest BCUT2D eigenvalue weighted by molar-refractivity contribution is 7.46. The topological polar surface area (TPSA) is 125 Å². The number of phosphoric ester groups is 1. The van der Waals surface area contributed by atoms with E-state index in [0.29, 0.717) is 12.0 Å². The number of rotatable bonds is 7. The number of phosphoric acid groups is 1. The first-order valence-electron chi connectivity index (χ1n) is 6.72. The smallest absolute Gasteiger partial charge is 0.312 e. The number of nitrogens with one attached hydrogen (secondary N) is 2. The van der Waals surface area contributed by atoms with Crippen LogP contribution in [0.25, 0.3) is 0 Å². The zero-order valence-corrected chi connectivity index (χ0v) is 13.0. The van der Waals surface area contributed by atoms with Crippen LogP contribution < -0.4 is 10.6 Å². The van der Waals surface area contributed by atoms with Crippen LogP contribution in [0.2, 0.25) is 0 Å². The molecule has 0 radical (unpaired) electrons. The van der Waals surface area contributed by atoms with Crippen molar-refractivity contribution in [3.05, 3.63) is 35.9 Å². The molecule has 0 heterocycles. The van der Waals surface area contributed by atoms with Crippen LogP contribution in [0.3, 0.4) is 0 Å². The molecule has 0 aromatic heterocycles. The lowest BCUT2D eigenvalue weighted by Crippen LogP contribution is -2.45. The van der Waals surface area contributed by atoms with Crippen LogP contribution in [0, 0.1) is 0 Å². The number of carbonyl (C=O) groups excluding carboxylic acids is 2. The third-order valence-electron chi connectivity index (χ3n) is 2.64. The van der Waals surface area contributed by atoms with Crippen molar-refractivity contribution >= 4 is 19.8 Å². The summed E-state index contributed by atoms with van der Waals surface area (Å²) in [4.78, 5) is 41.1. The fourth-order valence-electron chi connectivity index (χ4n) is 1.65. The van der Waals surface area contributed by atoms with Gasteiger partial charge in [0.15, 0.2) is 0 Å². The predicted molar refractivity (Wildman–Crippen MR) is 78.9 cm³/mol. The molecule has 0 aliphatic heterocycles. The summed E-state index contributed by atoms with van der Waals surface area (Å²) in [6.45, 7) is 1.88. The first-order valence-corrected chi connectivity index (χ1v) is 8.25. The minimum absolute atomic E-state index is 0.217. The molecule has 0 fully saturated rings. The van der Waals surface area contributed by atoms with E-state index >= 15 is 0 Å². The molecule has 22 heavy (non-hydrogen) atoms.